The van der Waals surface area contributed by atoms with E-state index in [9.17, 15) is 14.0 Å². The molecule has 1 aliphatic carbocycles. The molecular weight excluding hydrogens is 397 g/mol. The van der Waals surface area contributed by atoms with Gasteiger partial charge in [0.15, 0.2) is 5.78 Å². The highest BCUT2D eigenvalue weighted by atomic mass is 19.1. The van der Waals surface area contributed by atoms with E-state index in [0.717, 1.165) is 29.7 Å². The molecule has 1 aliphatic heterocycles. The Kier molecular flexibility index (Phi) is 5.89. The average Bonchev–Trinajstić information content (AvgIpc) is 2.78. The van der Waals surface area contributed by atoms with Crippen LogP contribution in [0, 0.1) is 5.82 Å². The quantitative estimate of drug-likeness (QED) is 0.718. The molecule has 2 aromatic carbocycles. The molecule has 4 rings (SSSR count). The van der Waals surface area contributed by atoms with Gasteiger partial charge in [0.25, 0.3) is 0 Å². The summed E-state index contributed by atoms with van der Waals surface area (Å²) in [6, 6.07) is 13.5. The van der Waals surface area contributed by atoms with Gasteiger partial charge in [0, 0.05) is 29.3 Å². The van der Waals surface area contributed by atoms with E-state index < -0.39 is 11.9 Å². The van der Waals surface area contributed by atoms with E-state index in [1.165, 1.54) is 19.2 Å². The Balaban J connectivity index is 1.62. The van der Waals surface area contributed by atoms with E-state index in [2.05, 4.69) is 5.32 Å². The Morgan fingerprint density at radius 3 is 2.48 bits per heavy atom. The third-order valence-electron chi connectivity index (χ3n) is 5.71. The minimum Gasteiger partial charge on any atom is -0.489 e. The van der Waals surface area contributed by atoms with E-state index >= 15 is 0 Å². The maximum Gasteiger partial charge on any atom is 0.336 e. The maximum absolute atomic E-state index is 13.0. The van der Waals surface area contributed by atoms with Crippen molar-refractivity contribution in [2.24, 2.45) is 0 Å². The van der Waals surface area contributed by atoms with Crippen molar-refractivity contribution < 1.29 is 23.5 Å². The highest BCUT2D eigenvalue weighted by Crippen LogP contribution is 2.42. The van der Waals surface area contributed by atoms with Crippen LogP contribution in [0.4, 0.5) is 4.39 Å². The second-order valence-electron chi connectivity index (χ2n) is 7.74. The third kappa shape index (κ3) is 4.24. The molecule has 1 N–H and O–H groups in total. The Labute approximate surface area is 180 Å². The molecule has 2 aromatic rings. The SMILES string of the molecule is COC(=O)C1=C(C)NC2=C(C(=O)CCC2)[C@@H]1c1ccc(OCc2ccc(F)cc2)cc1. The summed E-state index contributed by atoms with van der Waals surface area (Å²) in [7, 11) is 1.35. The molecule has 31 heavy (non-hydrogen) atoms. The predicted octanol–water partition coefficient (Wildman–Crippen LogP) is 4.55. The molecule has 1 atom stereocenters. The predicted molar refractivity (Wildman–Crippen MR) is 114 cm³/mol. The zero-order valence-electron chi connectivity index (χ0n) is 17.5. The van der Waals surface area contributed by atoms with Crippen molar-refractivity contribution in [1.29, 1.82) is 0 Å². The van der Waals surface area contributed by atoms with Crippen LogP contribution < -0.4 is 10.1 Å². The van der Waals surface area contributed by atoms with Gasteiger partial charge in [0.05, 0.1) is 12.7 Å². The summed E-state index contributed by atoms with van der Waals surface area (Å²) >= 11 is 0. The van der Waals surface area contributed by atoms with Crippen LogP contribution in [-0.4, -0.2) is 18.9 Å². The number of carbonyl (C=O) groups excluding carboxylic acids is 2. The monoisotopic (exact) mass is 421 g/mol. The van der Waals surface area contributed by atoms with Crippen molar-refractivity contribution in [2.75, 3.05) is 7.11 Å². The van der Waals surface area contributed by atoms with Crippen molar-refractivity contribution >= 4 is 11.8 Å². The maximum atomic E-state index is 13.0. The van der Waals surface area contributed by atoms with Crippen molar-refractivity contribution in [3.8, 4) is 5.75 Å². The van der Waals surface area contributed by atoms with Gasteiger partial charge in [-0.25, -0.2) is 9.18 Å². The van der Waals surface area contributed by atoms with E-state index in [4.69, 9.17) is 9.47 Å². The molecule has 0 radical (unpaired) electrons. The molecular formula is C25H24FNO4. The lowest BCUT2D eigenvalue weighted by atomic mass is 9.75. The van der Waals surface area contributed by atoms with E-state index in [-0.39, 0.29) is 11.6 Å². The highest BCUT2D eigenvalue weighted by Gasteiger charge is 2.38. The van der Waals surface area contributed by atoms with Crippen LogP contribution in [0.5, 0.6) is 5.75 Å². The number of nitrogens with one attached hydrogen (secondary N) is 1. The normalized spacial score (nSPS) is 18.4. The molecule has 0 unspecified atom stereocenters. The fourth-order valence-corrected chi connectivity index (χ4v) is 4.20. The molecule has 160 valence electrons. The fraction of sp³-hybridized carbons (Fsp3) is 0.280. The average molecular weight is 421 g/mol. The number of hydrogen-bond acceptors (Lipinski definition) is 5. The number of esters is 1. The lowest BCUT2D eigenvalue weighted by molar-refractivity contribution is -0.136. The van der Waals surface area contributed by atoms with Crippen molar-refractivity contribution in [3.05, 3.63) is 88.0 Å². The van der Waals surface area contributed by atoms with Gasteiger partial charge in [0.1, 0.15) is 18.2 Å². The number of rotatable bonds is 5. The van der Waals surface area contributed by atoms with Gasteiger partial charge in [-0.3, -0.25) is 4.79 Å². The summed E-state index contributed by atoms with van der Waals surface area (Å²) in [5.74, 6) is -0.499. The van der Waals surface area contributed by atoms with Gasteiger partial charge in [-0.2, -0.15) is 0 Å². The van der Waals surface area contributed by atoms with Gasteiger partial charge >= 0.3 is 5.97 Å². The van der Waals surface area contributed by atoms with Crippen LogP contribution in [0.1, 0.15) is 43.2 Å². The minimum absolute atomic E-state index is 0.0595. The summed E-state index contributed by atoms with van der Waals surface area (Å²) in [4.78, 5) is 25.4. The molecule has 6 heteroatoms. The first-order chi connectivity index (χ1) is 15.0. The molecule has 0 aromatic heterocycles. The van der Waals surface area contributed by atoms with Crippen LogP contribution in [0.2, 0.25) is 0 Å². The number of allylic oxidation sites excluding steroid dienone is 3. The minimum atomic E-state index is -0.470. The van der Waals surface area contributed by atoms with Gasteiger partial charge in [-0.15, -0.1) is 0 Å². The first kappa shape index (κ1) is 20.8. The van der Waals surface area contributed by atoms with E-state index in [1.54, 1.807) is 12.1 Å². The molecule has 0 spiro atoms. The molecule has 0 saturated heterocycles. The molecule has 5 nitrogen and oxygen atoms in total. The Morgan fingerprint density at radius 1 is 1.10 bits per heavy atom. The summed E-state index contributed by atoms with van der Waals surface area (Å²) in [5, 5.41) is 3.25. The van der Waals surface area contributed by atoms with Crippen molar-refractivity contribution in [3.63, 3.8) is 0 Å². The summed E-state index contributed by atoms with van der Waals surface area (Å²) in [6.45, 7) is 2.15. The summed E-state index contributed by atoms with van der Waals surface area (Å²) < 4.78 is 23.9. The number of ketones is 1. The van der Waals surface area contributed by atoms with Crippen LogP contribution in [0.15, 0.2) is 71.1 Å². The summed E-state index contributed by atoms with van der Waals surface area (Å²) in [6.07, 6.45) is 2.06. The topological polar surface area (TPSA) is 64.6 Å². The van der Waals surface area contributed by atoms with Crippen LogP contribution in [0.25, 0.3) is 0 Å². The second kappa shape index (κ2) is 8.76. The number of hydrogen-bond donors (Lipinski definition) is 1. The Morgan fingerprint density at radius 2 is 1.81 bits per heavy atom. The Bertz CT molecular complexity index is 1070. The van der Waals surface area contributed by atoms with Crippen LogP contribution in [-0.2, 0) is 20.9 Å². The first-order valence-electron chi connectivity index (χ1n) is 10.3. The van der Waals surface area contributed by atoms with Gasteiger partial charge in [-0.05, 0) is 55.2 Å². The van der Waals surface area contributed by atoms with Gasteiger partial charge in [0.2, 0.25) is 0 Å². The molecule has 2 aliphatic rings. The smallest absolute Gasteiger partial charge is 0.336 e. The summed E-state index contributed by atoms with van der Waals surface area (Å²) in [5.41, 5.74) is 4.40. The number of halogens is 1. The molecule has 0 saturated carbocycles. The molecule has 0 amide bonds. The zero-order chi connectivity index (χ0) is 22.0. The second-order valence-corrected chi connectivity index (χ2v) is 7.74. The lowest BCUT2D eigenvalue weighted by Crippen LogP contribution is -2.34. The fourth-order valence-electron chi connectivity index (χ4n) is 4.20. The van der Waals surface area contributed by atoms with E-state index in [0.29, 0.717) is 35.6 Å². The highest BCUT2D eigenvalue weighted by molar-refractivity contribution is 6.03. The number of carbonyl (C=O) groups is 2. The first-order valence-corrected chi connectivity index (χ1v) is 10.3. The number of benzene rings is 2. The molecule has 0 fully saturated rings. The number of methoxy groups -OCH3 is 1. The van der Waals surface area contributed by atoms with Crippen LogP contribution >= 0.6 is 0 Å². The zero-order valence-corrected chi connectivity index (χ0v) is 17.5. The largest absolute Gasteiger partial charge is 0.489 e. The molecule has 1 heterocycles. The molecule has 0 bridgehead atoms. The number of dihydropyridines is 1. The van der Waals surface area contributed by atoms with Crippen molar-refractivity contribution in [1.82, 2.24) is 5.32 Å². The number of Topliss-reactive ketones (excluding diaryl/α,β-unsaturated/α-hetero) is 1. The third-order valence-corrected chi connectivity index (χ3v) is 5.71. The standard InChI is InChI=1S/C25H24FNO4/c1-15-22(25(29)30-2)23(24-20(27-15)4-3-5-21(24)28)17-8-12-19(13-9-17)31-14-16-6-10-18(26)11-7-16/h6-13,23,27H,3-5,14H2,1-2H3/t23-/m1/s1. The van der Waals surface area contributed by atoms with Gasteiger partial charge < -0.3 is 14.8 Å². The number of ether oxygens (including phenoxy) is 2. The van der Waals surface area contributed by atoms with Crippen molar-refractivity contribution in [2.45, 2.75) is 38.7 Å². The van der Waals surface area contributed by atoms with Gasteiger partial charge in [-0.1, -0.05) is 24.3 Å². The van der Waals surface area contributed by atoms with E-state index in [1.807, 2.05) is 31.2 Å². The van der Waals surface area contributed by atoms with Crippen LogP contribution in [0.3, 0.4) is 0 Å². The lowest BCUT2D eigenvalue weighted by Gasteiger charge is -2.34. The Hall–Kier alpha value is -3.41.